The van der Waals surface area contributed by atoms with Gasteiger partial charge in [0.15, 0.2) is 9.84 Å². The molecule has 0 radical (unpaired) electrons. The molecule has 0 aliphatic carbocycles. The third kappa shape index (κ3) is 3.38. The zero-order valence-corrected chi connectivity index (χ0v) is 16.0. The minimum atomic E-state index is -3.70. The smallest absolute Gasteiger partial charge is 0.240 e. The molecule has 1 aromatic carbocycles. The largest absolute Gasteiger partial charge is 0.495 e. The lowest BCUT2D eigenvalue weighted by molar-refractivity contribution is 0.314. The van der Waals surface area contributed by atoms with Gasteiger partial charge in [0, 0.05) is 29.5 Å². The second-order valence-corrected chi connectivity index (χ2v) is 8.45. The summed E-state index contributed by atoms with van der Waals surface area (Å²) in [6.07, 6.45) is 3.90. The molecule has 9 heteroatoms. The molecule has 2 aromatic heterocycles. The maximum Gasteiger partial charge on any atom is 0.240 e. The molecule has 0 saturated carbocycles. The van der Waals surface area contributed by atoms with Crippen molar-refractivity contribution >= 4 is 21.4 Å². The van der Waals surface area contributed by atoms with E-state index >= 15 is 0 Å². The Morgan fingerprint density at radius 3 is 2.96 bits per heavy atom. The van der Waals surface area contributed by atoms with Crippen LogP contribution in [0.2, 0.25) is 5.02 Å². The van der Waals surface area contributed by atoms with E-state index in [1.807, 2.05) is 6.07 Å². The van der Waals surface area contributed by atoms with Crippen molar-refractivity contribution in [2.24, 2.45) is 0 Å². The Bertz CT molecular complexity index is 1110. The first-order chi connectivity index (χ1) is 13.0. The number of halogens is 1. The maximum atomic E-state index is 12.9. The van der Waals surface area contributed by atoms with Crippen molar-refractivity contribution in [3.05, 3.63) is 59.0 Å². The summed E-state index contributed by atoms with van der Waals surface area (Å²) in [5, 5.41) is 4.63. The van der Waals surface area contributed by atoms with Gasteiger partial charge in [-0.1, -0.05) is 11.6 Å². The summed E-state index contributed by atoms with van der Waals surface area (Å²) in [4.78, 5) is 4.34. The van der Waals surface area contributed by atoms with Crippen LogP contribution >= 0.6 is 11.6 Å². The molecule has 0 N–H and O–H groups in total. The van der Waals surface area contributed by atoms with E-state index < -0.39 is 9.84 Å². The number of pyridine rings is 1. The topological polar surface area (TPSA) is 83.3 Å². The van der Waals surface area contributed by atoms with Gasteiger partial charge in [-0.3, -0.25) is 0 Å². The van der Waals surface area contributed by atoms with Crippen LogP contribution in [0.5, 0.6) is 11.6 Å². The minimum Gasteiger partial charge on any atom is -0.495 e. The molecule has 0 saturated heterocycles. The summed E-state index contributed by atoms with van der Waals surface area (Å²) >= 11 is 5.98. The summed E-state index contributed by atoms with van der Waals surface area (Å²) in [5.41, 5.74) is 2.12. The minimum absolute atomic E-state index is 0.0449. The van der Waals surface area contributed by atoms with Crippen LogP contribution < -0.4 is 9.47 Å². The van der Waals surface area contributed by atoms with Gasteiger partial charge in [-0.15, -0.1) is 0 Å². The first kappa shape index (κ1) is 17.8. The number of fused-ring (bicyclic) bond motifs is 3. The quantitative estimate of drug-likeness (QED) is 0.663. The van der Waals surface area contributed by atoms with Crippen LogP contribution in [-0.4, -0.2) is 36.9 Å². The molecule has 0 atom stereocenters. The monoisotopic (exact) mass is 405 g/mol. The van der Waals surface area contributed by atoms with E-state index in [9.17, 15) is 8.42 Å². The number of nitrogens with zero attached hydrogens (tertiary/aromatic N) is 3. The fourth-order valence-corrected chi connectivity index (χ4v) is 4.76. The molecular weight excluding hydrogens is 390 g/mol. The van der Waals surface area contributed by atoms with Gasteiger partial charge < -0.3 is 9.47 Å². The van der Waals surface area contributed by atoms with E-state index in [-0.39, 0.29) is 16.4 Å². The second kappa shape index (κ2) is 6.86. The maximum absolute atomic E-state index is 12.9. The van der Waals surface area contributed by atoms with Crippen LogP contribution in [0.1, 0.15) is 11.3 Å². The van der Waals surface area contributed by atoms with Crippen molar-refractivity contribution < 1.29 is 17.9 Å². The Hall–Kier alpha value is -2.58. The fraction of sp³-hybridized carbons (Fsp3) is 0.222. The second-order valence-electron chi connectivity index (χ2n) is 6.05. The summed E-state index contributed by atoms with van der Waals surface area (Å²) < 4.78 is 38.4. The highest BCUT2D eigenvalue weighted by Crippen LogP contribution is 2.31. The average molecular weight is 406 g/mol. The van der Waals surface area contributed by atoms with E-state index in [0.29, 0.717) is 35.2 Å². The van der Waals surface area contributed by atoms with E-state index in [4.69, 9.17) is 21.1 Å². The molecule has 0 bridgehead atoms. The van der Waals surface area contributed by atoms with E-state index in [2.05, 4.69) is 10.1 Å². The van der Waals surface area contributed by atoms with Gasteiger partial charge in [-0.25, -0.2) is 18.1 Å². The third-order valence-electron chi connectivity index (χ3n) is 4.25. The first-order valence-electron chi connectivity index (χ1n) is 8.19. The number of hydrogen-bond acceptors (Lipinski definition) is 6. The Morgan fingerprint density at radius 1 is 1.30 bits per heavy atom. The summed E-state index contributed by atoms with van der Waals surface area (Å²) in [6.45, 7) is 0.489. The zero-order valence-electron chi connectivity index (χ0n) is 14.4. The summed E-state index contributed by atoms with van der Waals surface area (Å²) in [5.74, 6) is 0.430. The molecule has 4 rings (SSSR count). The Balaban J connectivity index is 1.74. The molecule has 140 valence electrons. The van der Waals surface area contributed by atoms with Crippen molar-refractivity contribution in [1.82, 2.24) is 14.8 Å². The summed E-state index contributed by atoms with van der Waals surface area (Å²) in [6, 6.07) is 8.15. The zero-order chi connectivity index (χ0) is 19.0. The van der Waals surface area contributed by atoms with Crippen LogP contribution in [0, 0.1) is 0 Å². The molecule has 7 nitrogen and oxygen atoms in total. The highest BCUT2D eigenvalue weighted by atomic mass is 35.5. The number of aromatic nitrogens is 3. The van der Waals surface area contributed by atoms with Gasteiger partial charge in [-0.05, 0) is 35.9 Å². The van der Waals surface area contributed by atoms with E-state index in [1.165, 1.54) is 25.4 Å². The predicted molar refractivity (Wildman–Crippen MR) is 99.5 cm³/mol. The molecular formula is C18H16ClN3O4S. The highest BCUT2D eigenvalue weighted by molar-refractivity contribution is 7.90. The molecule has 27 heavy (non-hydrogen) atoms. The van der Waals surface area contributed by atoms with E-state index in [0.717, 1.165) is 5.69 Å². The third-order valence-corrected chi connectivity index (χ3v) is 6.19. The van der Waals surface area contributed by atoms with Crippen LogP contribution in [0.15, 0.2) is 47.6 Å². The Morgan fingerprint density at radius 2 is 2.15 bits per heavy atom. The van der Waals surface area contributed by atoms with Gasteiger partial charge in [0.05, 0.1) is 19.5 Å². The number of sulfone groups is 1. The van der Waals surface area contributed by atoms with Crippen LogP contribution in [0.3, 0.4) is 0 Å². The number of rotatable bonds is 4. The van der Waals surface area contributed by atoms with Gasteiger partial charge >= 0.3 is 0 Å². The number of ether oxygens (including phenoxy) is 2. The molecule has 0 fully saturated rings. The van der Waals surface area contributed by atoms with Crippen molar-refractivity contribution in [2.75, 3.05) is 13.7 Å². The molecule has 3 heterocycles. The predicted octanol–water partition coefficient (Wildman–Crippen LogP) is 2.84. The lowest BCUT2D eigenvalue weighted by atomic mass is 10.3. The van der Waals surface area contributed by atoms with Gasteiger partial charge in [0.25, 0.3) is 0 Å². The number of hydrogen-bond donors (Lipinski definition) is 0. The molecule has 0 unspecified atom stereocenters. The van der Waals surface area contributed by atoms with Crippen molar-refractivity contribution in [3.63, 3.8) is 0 Å². The van der Waals surface area contributed by atoms with Crippen LogP contribution in [0.25, 0.3) is 5.69 Å². The normalized spacial score (nSPS) is 13.3. The van der Waals surface area contributed by atoms with Crippen LogP contribution in [0.4, 0.5) is 0 Å². The van der Waals surface area contributed by atoms with Gasteiger partial charge in [0.2, 0.25) is 5.88 Å². The van der Waals surface area contributed by atoms with Crippen LogP contribution in [-0.2, 0) is 22.0 Å². The molecule has 3 aromatic rings. The molecule has 1 aliphatic rings. The lowest BCUT2D eigenvalue weighted by Gasteiger charge is -2.12. The summed E-state index contributed by atoms with van der Waals surface area (Å²) in [7, 11) is -2.28. The number of methoxy groups -OCH3 is 1. The van der Waals surface area contributed by atoms with Crippen molar-refractivity contribution in [3.8, 4) is 17.3 Å². The molecule has 0 spiro atoms. The lowest BCUT2D eigenvalue weighted by Crippen LogP contribution is -2.09. The Labute approximate surface area is 161 Å². The first-order valence-corrected chi connectivity index (χ1v) is 10.2. The number of benzene rings is 1. The standard InChI is InChI=1S/C18H16ClN3O4S/c1-25-16-3-2-13(19)9-17(16)27(23,24)11-12-8-15-18(20-10-12)26-7-5-14-4-6-21-22(14)15/h2-4,6,8-10H,5,7,11H2,1H3. The SMILES string of the molecule is COc1ccc(Cl)cc1S(=O)(=O)Cc1cnc2c(c1)-n1nccc1CCO2. The van der Waals surface area contributed by atoms with E-state index in [1.54, 1.807) is 23.0 Å². The molecule has 0 amide bonds. The van der Waals surface area contributed by atoms with Gasteiger partial charge in [-0.2, -0.15) is 5.10 Å². The van der Waals surface area contributed by atoms with Crippen molar-refractivity contribution in [1.29, 1.82) is 0 Å². The molecule has 1 aliphatic heterocycles. The highest BCUT2D eigenvalue weighted by Gasteiger charge is 2.23. The fourth-order valence-electron chi connectivity index (χ4n) is 3.00. The Kier molecular flexibility index (Phi) is 4.53. The van der Waals surface area contributed by atoms with Crippen molar-refractivity contribution in [2.45, 2.75) is 17.1 Å². The average Bonchev–Trinajstić information content (AvgIpc) is 3.04. The van der Waals surface area contributed by atoms with Gasteiger partial charge in [0.1, 0.15) is 16.3 Å².